The summed E-state index contributed by atoms with van der Waals surface area (Å²) >= 11 is 0. The van der Waals surface area contributed by atoms with E-state index < -0.39 is 0 Å². The highest BCUT2D eigenvalue weighted by atomic mass is 16.5. The van der Waals surface area contributed by atoms with Gasteiger partial charge in [0.25, 0.3) is 0 Å². The van der Waals surface area contributed by atoms with E-state index in [4.69, 9.17) is 9.47 Å². The lowest BCUT2D eigenvalue weighted by atomic mass is 10.1. The number of benzene rings is 2. The lowest BCUT2D eigenvalue weighted by Crippen LogP contribution is -2.06. The summed E-state index contributed by atoms with van der Waals surface area (Å²) in [7, 11) is 1.68. The molecule has 0 aliphatic carbocycles. The zero-order valence-corrected chi connectivity index (χ0v) is 12.7. The highest BCUT2D eigenvalue weighted by Crippen LogP contribution is 2.13. The number of ether oxygens (including phenoxy) is 2. The summed E-state index contributed by atoms with van der Waals surface area (Å²) in [5, 5.41) is 0. The first-order valence-electron chi connectivity index (χ1n) is 7.24. The Hall–Kier alpha value is -2.06. The quantitative estimate of drug-likeness (QED) is 0.732. The van der Waals surface area contributed by atoms with Crippen molar-refractivity contribution >= 4 is 6.08 Å². The normalized spacial score (nSPS) is 12.5. The first-order valence-corrected chi connectivity index (χ1v) is 7.24. The third-order valence-electron chi connectivity index (χ3n) is 3.27. The van der Waals surface area contributed by atoms with Crippen molar-refractivity contribution in [3.8, 4) is 5.75 Å². The fourth-order valence-corrected chi connectivity index (χ4v) is 1.99. The third-order valence-corrected chi connectivity index (χ3v) is 3.27. The minimum Gasteiger partial charge on any atom is -0.497 e. The van der Waals surface area contributed by atoms with E-state index in [2.05, 4.69) is 31.2 Å². The summed E-state index contributed by atoms with van der Waals surface area (Å²) in [5.74, 6) is 0.881. The molecule has 2 nitrogen and oxygen atoms in total. The molecule has 0 fully saturated rings. The predicted octanol–water partition coefficient (Wildman–Crippen LogP) is 4.70. The maximum atomic E-state index is 5.83. The van der Waals surface area contributed by atoms with Crippen LogP contribution in [-0.2, 0) is 11.3 Å². The number of hydrogen-bond acceptors (Lipinski definition) is 2. The second-order valence-electron chi connectivity index (χ2n) is 5.02. The van der Waals surface area contributed by atoms with Crippen LogP contribution in [0.25, 0.3) is 6.08 Å². The van der Waals surface area contributed by atoms with Gasteiger partial charge in [0, 0.05) is 0 Å². The molecular weight excluding hydrogens is 260 g/mol. The van der Waals surface area contributed by atoms with E-state index in [-0.39, 0.29) is 6.10 Å². The molecule has 21 heavy (non-hydrogen) atoms. The Morgan fingerprint density at radius 2 is 1.71 bits per heavy atom. The number of hydrogen-bond donors (Lipinski definition) is 0. The summed E-state index contributed by atoms with van der Waals surface area (Å²) < 4.78 is 11.0. The van der Waals surface area contributed by atoms with Crippen molar-refractivity contribution < 1.29 is 9.47 Å². The van der Waals surface area contributed by atoms with Crippen molar-refractivity contribution in [1.82, 2.24) is 0 Å². The van der Waals surface area contributed by atoms with Crippen LogP contribution in [0.1, 0.15) is 24.5 Å². The summed E-state index contributed by atoms with van der Waals surface area (Å²) in [4.78, 5) is 0. The van der Waals surface area contributed by atoms with Gasteiger partial charge in [-0.2, -0.15) is 0 Å². The molecular formula is C19H22O2. The second-order valence-corrected chi connectivity index (χ2v) is 5.02. The van der Waals surface area contributed by atoms with Gasteiger partial charge in [-0.25, -0.2) is 0 Å². The number of rotatable bonds is 7. The molecule has 110 valence electrons. The van der Waals surface area contributed by atoms with Crippen LogP contribution in [0.4, 0.5) is 0 Å². The molecule has 0 heterocycles. The highest BCUT2D eigenvalue weighted by molar-refractivity contribution is 5.50. The Balaban J connectivity index is 1.75. The molecule has 2 aromatic rings. The SMILES string of the molecule is COc1ccc(/C=C/CC(C)OCc2ccccc2)cc1. The lowest BCUT2D eigenvalue weighted by Gasteiger charge is -2.10. The summed E-state index contributed by atoms with van der Waals surface area (Å²) in [6, 6.07) is 18.3. The van der Waals surface area contributed by atoms with Gasteiger partial charge in [0.05, 0.1) is 19.8 Å². The van der Waals surface area contributed by atoms with Crippen LogP contribution in [0.3, 0.4) is 0 Å². The van der Waals surface area contributed by atoms with Gasteiger partial charge in [0.1, 0.15) is 5.75 Å². The molecule has 1 unspecified atom stereocenters. The zero-order valence-electron chi connectivity index (χ0n) is 12.7. The van der Waals surface area contributed by atoms with E-state index in [0.29, 0.717) is 6.61 Å². The molecule has 2 rings (SSSR count). The van der Waals surface area contributed by atoms with E-state index in [1.807, 2.05) is 42.5 Å². The molecule has 0 aliphatic rings. The molecule has 0 saturated heterocycles. The fraction of sp³-hybridized carbons (Fsp3) is 0.263. The van der Waals surface area contributed by atoms with Gasteiger partial charge in [0.2, 0.25) is 0 Å². The smallest absolute Gasteiger partial charge is 0.118 e. The van der Waals surface area contributed by atoms with Crippen LogP contribution in [-0.4, -0.2) is 13.2 Å². The Morgan fingerprint density at radius 3 is 2.38 bits per heavy atom. The minimum atomic E-state index is 0.208. The van der Waals surface area contributed by atoms with Gasteiger partial charge in [-0.1, -0.05) is 54.6 Å². The van der Waals surface area contributed by atoms with Crippen molar-refractivity contribution in [3.63, 3.8) is 0 Å². The Bertz CT molecular complexity index is 544. The van der Waals surface area contributed by atoms with Gasteiger partial charge in [-0.05, 0) is 36.6 Å². The van der Waals surface area contributed by atoms with Gasteiger partial charge in [-0.3, -0.25) is 0 Å². The van der Waals surface area contributed by atoms with Gasteiger partial charge < -0.3 is 9.47 Å². The van der Waals surface area contributed by atoms with Crippen molar-refractivity contribution in [3.05, 3.63) is 71.8 Å². The standard InChI is InChI=1S/C19H22O2/c1-16(21-15-18-8-4-3-5-9-18)7-6-10-17-11-13-19(20-2)14-12-17/h3-6,8-14,16H,7,15H2,1-2H3/b10-6+. The summed E-state index contributed by atoms with van der Waals surface area (Å²) in [6.07, 6.45) is 5.37. The summed E-state index contributed by atoms with van der Waals surface area (Å²) in [6.45, 7) is 2.76. The molecule has 0 spiro atoms. The monoisotopic (exact) mass is 282 g/mol. The van der Waals surface area contributed by atoms with E-state index in [0.717, 1.165) is 12.2 Å². The van der Waals surface area contributed by atoms with Crippen molar-refractivity contribution in [1.29, 1.82) is 0 Å². The Kier molecular flexibility index (Phi) is 6.04. The first-order chi connectivity index (χ1) is 10.3. The molecule has 0 aliphatic heterocycles. The van der Waals surface area contributed by atoms with Gasteiger partial charge in [-0.15, -0.1) is 0 Å². The van der Waals surface area contributed by atoms with Crippen molar-refractivity contribution in [2.45, 2.75) is 26.1 Å². The molecule has 0 saturated carbocycles. The average Bonchev–Trinajstić information content (AvgIpc) is 2.54. The van der Waals surface area contributed by atoms with E-state index >= 15 is 0 Å². The van der Waals surface area contributed by atoms with Crippen LogP contribution < -0.4 is 4.74 Å². The van der Waals surface area contributed by atoms with E-state index in [1.165, 1.54) is 11.1 Å². The largest absolute Gasteiger partial charge is 0.497 e. The molecule has 0 N–H and O–H groups in total. The average molecular weight is 282 g/mol. The predicted molar refractivity (Wildman–Crippen MR) is 87.3 cm³/mol. The molecule has 2 aromatic carbocycles. The van der Waals surface area contributed by atoms with Crippen LogP contribution in [0.5, 0.6) is 5.75 Å². The molecule has 2 heteroatoms. The molecule has 0 radical (unpaired) electrons. The number of methoxy groups -OCH3 is 1. The van der Waals surface area contributed by atoms with Crippen LogP contribution >= 0.6 is 0 Å². The van der Waals surface area contributed by atoms with Crippen molar-refractivity contribution in [2.75, 3.05) is 7.11 Å². The minimum absolute atomic E-state index is 0.208. The first kappa shape index (κ1) is 15.3. The molecule has 1 atom stereocenters. The van der Waals surface area contributed by atoms with E-state index in [9.17, 15) is 0 Å². The van der Waals surface area contributed by atoms with Gasteiger partial charge in [0.15, 0.2) is 0 Å². The molecule has 0 bridgehead atoms. The Morgan fingerprint density at radius 1 is 1.00 bits per heavy atom. The third kappa shape index (κ3) is 5.44. The maximum absolute atomic E-state index is 5.83. The van der Waals surface area contributed by atoms with Gasteiger partial charge >= 0.3 is 0 Å². The Labute approximate surface area is 127 Å². The highest BCUT2D eigenvalue weighted by Gasteiger charge is 2.00. The zero-order chi connectivity index (χ0) is 14.9. The van der Waals surface area contributed by atoms with E-state index in [1.54, 1.807) is 7.11 Å². The molecule has 0 aromatic heterocycles. The topological polar surface area (TPSA) is 18.5 Å². The fourth-order valence-electron chi connectivity index (χ4n) is 1.99. The van der Waals surface area contributed by atoms with Crippen LogP contribution in [0.15, 0.2) is 60.7 Å². The van der Waals surface area contributed by atoms with Crippen molar-refractivity contribution in [2.24, 2.45) is 0 Å². The van der Waals surface area contributed by atoms with Crippen LogP contribution in [0.2, 0.25) is 0 Å². The molecule has 0 amide bonds. The second kappa shape index (κ2) is 8.28. The lowest BCUT2D eigenvalue weighted by molar-refractivity contribution is 0.0554. The maximum Gasteiger partial charge on any atom is 0.118 e. The summed E-state index contributed by atoms with van der Waals surface area (Å²) in [5.41, 5.74) is 2.38. The van der Waals surface area contributed by atoms with Crippen LogP contribution in [0, 0.1) is 0 Å².